The minimum atomic E-state index is -0.273. The van der Waals surface area contributed by atoms with Crippen LogP contribution in [-0.4, -0.2) is 15.9 Å². The summed E-state index contributed by atoms with van der Waals surface area (Å²) in [5.41, 5.74) is 3.18. The van der Waals surface area contributed by atoms with Crippen molar-refractivity contribution in [2.75, 3.05) is 0 Å². The molecular weight excluding hydrogens is 290 g/mol. The van der Waals surface area contributed by atoms with Crippen molar-refractivity contribution in [3.8, 4) is 11.3 Å². The molecule has 0 spiro atoms. The molecule has 0 aliphatic rings. The summed E-state index contributed by atoms with van der Waals surface area (Å²) in [6.45, 7) is 3.91. The van der Waals surface area contributed by atoms with Crippen molar-refractivity contribution in [3.63, 3.8) is 0 Å². The van der Waals surface area contributed by atoms with Crippen molar-refractivity contribution in [2.24, 2.45) is 0 Å². The first-order valence-electron chi connectivity index (χ1n) is 7.36. The molecule has 0 saturated carbocycles. The van der Waals surface area contributed by atoms with E-state index in [9.17, 15) is 4.79 Å². The van der Waals surface area contributed by atoms with Crippen molar-refractivity contribution in [1.82, 2.24) is 15.3 Å². The molecule has 3 aromatic rings. The molecule has 1 aromatic carbocycles. The van der Waals surface area contributed by atoms with Gasteiger partial charge in [-0.25, -0.2) is 4.98 Å². The molecule has 5 nitrogen and oxygen atoms in total. The van der Waals surface area contributed by atoms with Crippen LogP contribution < -0.4 is 5.32 Å². The molecule has 2 aromatic heterocycles. The normalized spacial score (nSPS) is 11.9. The average molecular weight is 307 g/mol. The van der Waals surface area contributed by atoms with E-state index in [0.29, 0.717) is 5.76 Å². The molecule has 0 aliphatic heterocycles. The number of nitrogens with one attached hydrogen (secondary N) is 1. The number of hydrogen-bond acceptors (Lipinski definition) is 4. The first kappa shape index (κ1) is 15.0. The lowest BCUT2D eigenvalue weighted by Gasteiger charge is -2.13. The Morgan fingerprint density at radius 2 is 2.00 bits per heavy atom. The predicted molar refractivity (Wildman–Crippen MR) is 86.8 cm³/mol. The van der Waals surface area contributed by atoms with Gasteiger partial charge in [0.2, 0.25) is 0 Å². The summed E-state index contributed by atoms with van der Waals surface area (Å²) in [6.07, 6.45) is 4.72. The second-order valence-electron chi connectivity index (χ2n) is 5.38. The Balaban J connectivity index is 1.81. The number of hydrogen-bond donors (Lipinski definition) is 1. The van der Waals surface area contributed by atoms with Gasteiger partial charge in [-0.1, -0.05) is 35.9 Å². The third-order valence-electron chi connectivity index (χ3n) is 3.63. The molecule has 0 fully saturated rings. The molecule has 0 bridgehead atoms. The predicted octanol–water partition coefficient (Wildman–Crippen LogP) is 3.54. The van der Waals surface area contributed by atoms with Crippen molar-refractivity contribution >= 4 is 5.91 Å². The maximum atomic E-state index is 12.5. The third kappa shape index (κ3) is 3.29. The quantitative estimate of drug-likeness (QED) is 0.800. The Hall–Kier alpha value is -2.95. The van der Waals surface area contributed by atoms with Gasteiger partial charge in [0.05, 0.1) is 6.04 Å². The van der Waals surface area contributed by atoms with E-state index >= 15 is 0 Å². The SMILES string of the molecule is Cc1ccc(-c2ocnc2C(=O)NC(C)c2cccnc2)cc1. The van der Waals surface area contributed by atoms with E-state index in [2.05, 4.69) is 15.3 Å². The van der Waals surface area contributed by atoms with Crippen molar-refractivity contribution in [1.29, 1.82) is 0 Å². The lowest BCUT2D eigenvalue weighted by Crippen LogP contribution is -2.27. The highest BCUT2D eigenvalue weighted by Crippen LogP contribution is 2.24. The van der Waals surface area contributed by atoms with Crippen molar-refractivity contribution < 1.29 is 9.21 Å². The smallest absolute Gasteiger partial charge is 0.274 e. The molecule has 0 saturated heterocycles. The number of aromatic nitrogens is 2. The molecule has 5 heteroatoms. The number of aryl methyl sites for hydroxylation is 1. The average Bonchev–Trinajstić information content (AvgIpc) is 3.06. The zero-order chi connectivity index (χ0) is 16.2. The van der Waals surface area contributed by atoms with Gasteiger partial charge in [-0.3, -0.25) is 9.78 Å². The van der Waals surface area contributed by atoms with E-state index in [1.165, 1.54) is 6.39 Å². The Morgan fingerprint density at radius 3 is 2.70 bits per heavy atom. The summed E-state index contributed by atoms with van der Waals surface area (Å²) in [7, 11) is 0. The molecular formula is C18H17N3O2. The number of rotatable bonds is 4. The Labute approximate surface area is 134 Å². The van der Waals surface area contributed by atoms with Crippen LogP contribution in [0.1, 0.15) is 34.6 Å². The van der Waals surface area contributed by atoms with Crippen LogP contribution in [0.15, 0.2) is 59.6 Å². The molecule has 1 unspecified atom stereocenters. The van der Waals surface area contributed by atoms with Crippen LogP contribution in [0.3, 0.4) is 0 Å². The Kier molecular flexibility index (Phi) is 4.19. The van der Waals surface area contributed by atoms with Crippen molar-refractivity contribution in [2.45, 2.75) is 19.9 Å². The second kappa shape index (κ2) is 6.44. The Bertz CT molecular complexity index is 795. The molecule has 116 valence electrons. The number of carbonyl (C=O) groups excluding carboxylic acids is 1. The van der Waals surface area contributed by atoms with Crippen LogP contribution in [0.4, 0.5) is 0 Å². The van der Waals surface area contributed by atoms with Crippen LogP contribution >= 0.6 is 0 Å². The third-order valence-corrected chi connectivity index (χ3v) is 3.63. The van der Waals surface area contributed by atoms with Gasteiger partial charge in [0.25, 0.3) is 5.91 Å². The fourth-order valence-electron chi connectivity index (χ4n) is 2.30. The van der Waals surface area contributed by atoms with E-state index < -0.39 is 0 Å². The minimum Gasteiger partial charge on any atom is -0.443 e. The van der Waals surface area contributed by atoms with Gasteiger partial charge in [-0.05, 0) is 25.5 Å². The highest BCUT2D eigenvalue weighted by Gasteiger charge is 2.20. The van der Waals surface area contributed by atoms with E-state index in [0.717, 1.165) is 16.7 Å². The van der Waals surface area contributed by atoms with Gasteiger partial charge < -0.3 is 9.73 Å². The van der Waals surface area contributed by atoms with Gasteiger partial charge in [-0.2, -0.15) is 0 Å². The topological polar surface area (TPSA) is 68.0 Å². The highest BCUT2D eigenvalue weighted by molar-refractivity contribution is 5.97. The summed E-state index contributed by atoms with van der Waals surface area (Å²) in [5.74, 6) is 0.201. The van der Waals surface area contributed by atoms with E-state index in [1.54, 1.807) is 12.4 Å². The summed E-state index contributed by atoms with van der Waals surface area (Å²) in [4.78, 5) is 20.6. The van der Waals surface area contributed by atoms with Gasteiger partial charge >= 0.3 is 0 Å². The molecule has 3 rings (SSSR count). The summed E-state index contributed by atoms with van der Waals surface area (Å²) < 4.78 is 5.41. The zero-order valence-electron chi connectivity index (χ0n) is 13.0. The van der Waals surface area contributed by atoms with Gasteiger partial charge in [0.15, 0.2) is 17.8 Å². The van der Waals surface area contributed by atoms with Crippen LogP contribution in [0, 0.1) is 6.92 Å². The molecule has 23 heavy (non-hydrogen) atoms. The van der Waals surface area contributed by atoms with Gasteiger partial charge in [0.1, 0.15) is 0 Å². The molecule has 0 radical (unpaired) electrons. The fraction of sp³-hybridized carbons (Fsp3) is 0.167. The van der Waals surface area contributed by atoms with Gasteiger partial charge in [0, 0.05) is 18.0 Å². The largest absolute Gasteiger partial charge is 0.443 e. The molecule has 2 heterocycles. The maximum Gasteiger partial charge on any atom is 0.274 e. The number of amides is 1. The number of nitrogens with zero attached hydrogens (tertiary/aromatic N) is 2. The summed E-state index contributed by atoms with van der Waals surface area (Å²) in [6, 6.07) is 11.4. The number of pyridine rings is 1. The van der Waals surface area contributed by atoms with Gasteiger partial charge in [-0.15, -0.1) is 0 Å². The summed E-state index contributed by atoms with van der Waals surface area (Å²) >= 11 is 0. The van der Waals surface area contributed by atoms with E-state index in [-0.39, 0.29) is 17.6 Å². The van der Waals surface area contributed by atoms with Crippen molar-refractivity contribution in [3.05, 3.63) is 72.0 Å². The van der Waals surface area contributed by atoms with Crippen LogP contribution in [0.5, 0.6) is 0 Å². The highest BCUT2D eigenvalue weighted by atomic mass is 16.3. The number of carbonyl (C=O) groups is 1. The van der Waals surface area contributed by atoms with Crippen LogP contribution in [0.25, 0.3) is 11.3 Å². The molecule has 1 atom stereocenters. The number of oxazole rings is 1. The minimum absolute atomic E-state index is 0.168. The second-order valence-corrected chi connectivity index (χ2v) is 5.38. The van der Waals surface area contributed by atoms with E-state index in [4.69, 9.17) is 4.42 Å². The monoisotopic (exact) mass is 307 g/mol. The Morgan fingerprint density at radius 1 is 1.22 bits per heavy atom. The molecule has 0 aliphatic carbocycles. The van der Waals surface area contributed by atoms with E-state index in [1.807, 2.05) is 50.2 Å². The standard InChI is InChI=1S/C18H17N3O2/c1-12-5-7-14(8-6-12)17-16(20-11-23-17)18(22)21-13(2)15-4-3-9-19-10-15/h3-11,13H,1-2H3,(H,21,22). The number of benzene rings is 1. The fourth-order valence-corrected chi connectivity index (χ4v) is 2.30. The first-order chi connectivity index (χ1) is 11.1. The zero-order valence-corrected chi connectivity index (χ0v) is 13.0. The first-order valence-corrected chi connectivity index (χ1v) is 7.36. The molecule has 1 amide bonds. The maximum absolute atomic E-state index is 12.5. The van der Waals surface area contributed by atoms with Crippen LogP contribution in [-0.2, 0) is 0 Å². The lowest BCUT2D eigenvalue weighted by molar-refractivity contribution is 0.0935. The van der Waals surface area contributed by atoms with Crippen LogP contribution in [0.2, 0.25) is 0 Å². The molecule has 1 N–H and O–H groups in total. The lowest BCUT2D eigenvalue weighted by atomic mass is 10.1. The summed E-state index contributed by atoms with van der Waals surface area (Å²) in [5, 5.41) is 2.92.